The lowest BCUT2D eigenvalue weighted by Crippen LogP contribution is -2.19. The van der Waals surface area contributed by atoms with E-state index in [1.165, 1.54) is 39.0 Å². The molecule has 0 N–H and O–H groups in total. The molecule has 186 valence electrons. The van der Waals surface area contributed by atoms with Crippen LogP contribution in [0.1, 0.15) is 67.0 Å². The van der Waals surface area contributed by atoms with Crippen molar-refractivity contribution in [2.24, 2.45) is 0 Å². The second kappa shape index (κ2) is 9.47. The number of benzene rings is 2. The van der Waals surface area contributed by atoms with Crippen molar-refractivity contribution in [3.63, 3.8) is 0 Å². The quantitative estimate of drug-likeness (QED) is 0.334. The molecular formula is C35H35NO. The minimum atomic E-state index is -0.123. The average molecular weight is 486 g/mol. The maximum Gasteiger partial charge on any atom is 0.138 e. The van der Waals surface area contributed by atoms with Gasteiger partial charge in [-0.15, -0.1) is 5.73 Å². The van der Waals surface area contributed by atoms with Gasteiger partial charge in [-0.3, -0.25) is 0 Å². The van der Waals surface area contributed by atoms with E-state index in [1.54, 1.807) is 0 Å². The van der Waals surface area contributed by atoms with Crippen LogP contribution in [0.25, 0.3) is 11.6 Å². The van der Waals surface area contributed by atoms with Crippen molar-refractivity contribution in [3.05, 3.63) is 135 Å². The number of anilines is 2. The van der Waals surface area contributed by atoms with Gasteiger partial charge in [-0.2, -0.15) is 0 Å². The molecule has 0 fully saturated rings. The van der Waals surface area contributed by atoms with Crippen LogP contribution in [0.2, 0.25) is 0 Å². The first kappa shape index (κ1) is 24.7. The van der Waals surface area contributed by atoms with Crippen LogP contribution in [0, 0.1) is 20.8 Å². The normalized spacial score (nSPS) is 15.9. The summed E-state index contributed by atoms with van der Waals surface area (Å²) in [5, 5.41) is 0. The molecule has 2 heteroatoms. The van der Waals surface area contributed by atoms with Crippen LogP contribution < -0.4 is 4.90 Å². The molecule has 5 rings (SSSR count). The molecular weight excluding hydrogens is 450 g/mol. The molecule has 0 aliphatic heterocycles. The van der Waals surface area contributed by atoms with E-state index >= 15 is 0 Å². The van der Waals surface area contributed by atoms with Crippen molar-refractivity contribution in [2.75, 3.05) is 4.90 Å². The zero-order valence-corrected chi connectivity index (χ0v) is 22.9. The minimum Gasteiger partial charge on any atom is -0.456 e. The van der Waals surface area contributed by atoms with Gasteiger partial charge in [-0.05, 0) is 117 Å². The van der Waals surface area contributed by atoms with Gasteiger partial charge in [0.2, 0.25) is 0 Å². The highest BCUT2D eigenvalue weighted by Crippen LogP contribution is 2.51. The number of nitrogens with zero attached hydrogens (tertiary/aromatic N) is 1. The van der Waals surface area contributed by atoms with E-state index in [4.69, 9.17) is 4.42 Å². The summed E-state index contributed by atoms with van der Waals surface area (Å²) in [5.41, 5.74) is 15.2. The summed E-state index contributed by atoms with van der Waals surface area (Å²) in [6.07, 6.45) is 14.3. The number of rotatable bonds is 5. The minimum absolute atomic E-state index is 0.123. The van der Waals surface area contributed by atoms with E-state index in [0.717, 1.165) is 28.6 Å². The molecule has 0 atom stereocenters. The predicted octanol–water partition coefficient (Wildman–Crippen LogP) is 9.65. The van der Waals surface area contributed by atoms with Crippen LogP contribution in [0.3, 0.4) is 0 Å². The van der Waals surface area contributed by atoms with Crippen molar-refractivity contribution in [1.29, 1.82) is 0 Å². The average Bonchev–Trinajstić information content (AvgIpc) is 3.12. The Hall–Kier alpha value is -4.00. The fourth-order valence-corrected chi connectivity index (χ4v) is 5.39. The first-order valence-electron chi connectivity index (χ1n) is 13.0. The van der Waals surface area contributed by atoms with E-state index in [0.29, 0.717) is 0 Å². The van der Waals surface area contributed by atoms with Gasteiger partial charge in [-0.25, -0.2) is 0 Å². The van der Waals surface area contributed by atoms with Crippen LogP contribution in [0.5, 0.6) is 0 Å². The van der Waals surface area contributed by atoms with Crippen LogP contribution in [-0.2, 0) is 5.41 Å². The number of allylic oxidation sites excluding steroid dienone is 6. The first-order valence-corrected chi connectivity index (χ1v) is 13.0. The lowest BCUT2D eigenvalue weighted by atomic mass is 9.81. The summed E-state index contributed by atoms with van der Waals surface area (Å²) in [6.45, 7) is 15.4. The zero-order chi connectivity index (χ0) is 26.3. The highest BCUT2D eigenvalue weighted by Gasteiger charge is 2.38. The van der Waals surface area contributed by atoms with Gasteiger partial charge in [0, 0.05) is 28.1 Å². The Bertz CT molecular complexity index is 1580. The second-order valence-corrected chi connectivity index (χ2v) is 10.5. The lowest BCUT2D eigenvalue weighted by molar-refractivity contribution is 0.539. The Balaban J connectivity index is 1.68. The number of furan rings is 1. The van der Waals surface area contributed by atoms with Gasteiger partial charge in [-0.1, -0.05) is 49.8 Å². The van der Waals surface area contributed by atoms with Gasteiger partial charge < -0.3 is 9.32 Å². The van der Waals surface area contributed by atoms with E-state index in [9.17, 15) is 0 Å². The molecule has 2 nitrogen and oxygen atoms in total. The molecule has 0 radical (unpaired) electrons. The van der Waals surface area contributed by atoms with E-state index < -0.39 is 0 Å². The van der Waals surface area contributed by atoms with Crippen molar-refractivity contribution in [2.45, 2.75) is 53.9 Å². The van der Waals surface area contributed by atoms with E-state index in [-0.39, 0.29) is 5.41 Å². The number of hydrogen-bond donors (Lipinski definition) is 0. The fourth-order valence-electron chi connectivity index (χ4n) is 5.39. The highest BCUT2D eigenvalue weighted by atomic mass is 16.3. The topological polar surface area (TPSA) is 16.4 Å². The summed E-state index contributed by atoms with van der Waals surface area (Å²) in [6, 6.07) is 15.6. The summed E-state index contributed by atoms with van der Waals surface area (Å²) < 4.78 is 6.47. The standard InChI is InChI=1S/C35H35NO/c1-8-14-32-24(3)25(4)34(37-32)33-26(5)35(6,7)31-22-29(19-20-30(31)33)36(27-16-11-9-10-12-17-27)28-18-13-15-23(2)21-28/h8-9,11-22H,1-7H3/b14-8-. The largest absolute Gasteiger partial charge is 0.456 e. The van der Waals surface area contributed by atoms with Gasteiger partial charge >= 0.3 is 0 Å². The molecule has 3 aromatic rings. The Kier molecular flexibility index (Phi) is 6.31. The molecule has 2 aliphatic rings. The number of fused-ring (bicyclic) bond motifs is 1. The molecule has 37 heavy (non-hydrogen) atoms. The van der Waals surface area contributed by atoms with Crippen molar-refractivity contribution in [3.8, 4) is 0 Å². The third kappa shape index (κ3) is 4.18. The summed E-state index contributed by atoms with van der Waals surface area (Å²) >= 11 is 0. The van der Waals surface area contributed by atoms with E-state index in [2.05, 4.69) is 113 Å². The molecule has 0 saturated heterocycles. The summed E-state index contributed by atoms with van der Waals surface area (Å²) in [4.78, 5) is 2.33. The molecule has 0 unspecified atom stereocenters. The monoisotopic (exact) mass is 485 g/mol. The SMILES string of the molecule is C/C=C\c1oc(C2=C(C)C(C)(C)c3cc(N(C4=CC=C=CC=C4)c4cccc(C)c4)ccc32)c(C)c1C. The number of aryl methyl sites for hydroxylation is 1. The third-order valence-corrected chi connectivity index (χ3v) is 7.87. The third-order valence-electron chi connectivity index (χ3n) is 7.87. The summed E-state index contributed by atoms with van der Waals surface area (Å²) in [5.74, 6) is 1.93. The Labute approximate surface area is 221 Å². The van der Waals surface area contributed by atoms with Crippen molar-refractivity contribution in [1.82, 2.24) is 0 Å². The zero-order valence-electron chi connectivity index (χ0n) is 22.9. The Morgan fingerprint density at radius 1 is 0.919 bits per heavy atom. The molecule has 0 spiro atoms. The maximum absolute atomic E-state index is 6.47. The van der Waals surface area contributed by atoms with Crippen LogP contribution >= 0.6 is 0 Å². The van der Waals surface area contributed by atoms with Crippen LogP contribution in [-0.4, -0.2) is 0 Å². The first-order chi connectivity index (χ1) is 17.7. The van der Waals surface area contributed by atoms with Gasteiger partial charge in [0.05, 0.1) is 0 Å². The molecule has 2 aromatic carbocycles. The highest BCUT2D eigenvalue weighted by molar-refractivity contribution is 5.90. The second-order valence-electron chi connectivity index (χ2n) is 10.5. The van der Waals surface area contributed by atoms with Gasteiger partial charge in [0.15, 0.2) is 0 Å². The van der Waals surface area contributed by atoms with Crippen molar-refractivity contribution >= 4 is 23.0 Å². The molecule has 0 saturated carbocycles. The molecule has 0 amide bonds. The van der Waals surface area contributed by atoms with Crippen molar-refractivity contribution < 1.29 is 4.42 Å². The van der Waals surface area contributed by atoms with Gasteiger partial charge in [0.1, 0.15) is 11.5 Å². The fraction of sp³-hybridized carbons (Fsp3) is 0.229. The Morgan fingerprint density at radius 3 is 2.46 bits per heavy atom. The predicted molar refractivity (Wildman–Crippen MR) is 157 cm³/mol. The molecule has 1 aromatic heterocycles. The van der Waals surface area contributed by atoms with Gasteiger partial charge in [0.25, 0.3) is 0 Å². The smallest absolute Gasteiger partial charge is 0.138 e. The van der Waals surface area contributed by atoms with Crippen LogP contribution in [0.4, 0.5) is 11.4 Å². The maximum atomic E-state index is 6.47. The molecule has 0 bridgehead atoms. The number of hydrogen-bond acceptors (Lipinski definition) is 2. The van der Waals surface area contributed by atoms with E-state index in [1.807, 2.05) is 31.2 Å². The molecule has 2 aliphatic carbocycles. The Morgan fingerprint density at radius 2 is 1.70 bits per heavy atom. The summed E-state index contributed by atoms with van der Waals surface area (Å²) in [7, 11) is 0. The van der Waals surface area contributed by atoms with Crippen LogP contribution in [0.15, 0.2) is 100 Å². The molecule has 1 heterocycles. The lowest BCUT2D eigenvalue weighted by Gasteiger charge is -2.29.